The lowest BCUT2D eigenvalue weighted by Gasteiger charge is -2.40. The van der Waals surface area contributed by atoms with Gasteiger partial charge >= 0.3 is 0 Å². The maximum atomic E-state index is 13.5. The lowest BCUT2D eigenvalue weighted by molar-refractivity contribution is -0.897. The van der Waals surface area contributed by atoms with Crippen LogP contribution < -0.4 is 0 Å². The number of benzene rings is 3. The van der Waals surface area contributed by atoms with Gasteiger partial charge in [-0.1, -0.05) is 64.1 Å². The third-order valence-electron chi connectivity index (χ3n) is 9.90. The lowest BCUT2D eigenvalue weighted by atomic mass is 9.88. The van der Waals surface area contributed by atoms with E-state index < -0.39 is 0 Å². The van der Waals surface area contributed by atoms with Crippen LogP contribution in [0.1, 0.15) is 94.8 Å². The number of quaternary nitrogens is 2. The van der Waals surface area contributed by atoms with Gasteiger partial charge in [0, 0.05) is 40.4 Å². The number of carbonyl (C=O) groups excluding carboxylic acids is 4. The summed E-state index contributed by atoms with van der Waals surface area (Å²) in [5, 5.41) is 1.70. The number of unbranched alkanes of at least 4 members (excludes halogenated alkanes) is 3. The molecule has 0 unspecified atom stereocenters. The zero-order chi connectivity index (χ0) is 35.1. The van der Waals surface area contributed by atoms with Crippen molar-refractivity contribution in [3.8, 4) is 0 Å². The number of carbonyl (C=O) groups is 4. The van der Waals surface area contributed by atoms with Crippen LogP contribution >= 0.6 is 0 Å². The van der Waals surface area contributed by atoms with Crippen LogP contribution in [-0.4, -0.2) is 110 Å². The van der Waals surface area contributed by atoms with Gasteiger partial charge in [0.15, 0.2) is 0 Å². The minimum Gasteiger partial charge on any atom is -0.328 e. The molecular formula is C40H54N4O4+2. The van der Waals surface area contributed by atoms with Crippen LogP contribution in [0.3, 0.4) is 0 Å². The van der Waals surface area contributed by atoms with Crippen molar-refractivity contribution in [1.29, 1.82) is 0 Å². The molecule has 48 heavy (non-hydrogen) atoms. The smallest absolute Gasteiger partial charge is 0.261 e. The molecule has 0 aliphatic carbocycles. The highest BCUT2D eigenvalue weighted by Crippen LogP contribution is 2.33. The van der Waals surface area contributed by atoms with E-state index in [1.807, 2.05) is 48.5 Å². The molecule has 0 N–H and O–H groups in total. The van der Waals surface area contributed by atoms with E-state index in [0.29, 0.717) is 35.3 Å². The van der Waals surface area contributed by atoms with Crippen molar-refractivity contribution in [1.82, 2.24) is 9.80 Å². The van der Waals surface area contributed by atoms with Crippen molar-refractivity contribution >= 4 is 34.4 Å². The van der Waals surface area contributed by atoms with Gasteiger partial charge in [0.05, 0.1) is 65.5 Å². The third kappa shape index (κ3) is 7.71. The summed E-state index contributed by atoms with van der Waals surface area (Å²) < 4.78 is 1.65. The minimum absolute atomic E-state index is 0.184. The van der Waals surface area contributed by atoms with Gasteiger partial charge in [-0.3, -0.25) is 29.0 Å². The average molecular weight is 655 g/mol. The molecule has 4 amide bonds. The molecule has 0 spiro atoms. The zero-order valence-corrected chi connectivity index (χ0v) is 30.3. The Kier molecular flexibility index (Phi) is 9.74. The summed E-state index contributed by atoms with van der Waals surface area (Å²) in [5.74, 6) is -0.765. The fourth-order valence-corrected chi connectivity index (χ4v) is 8.47. The Balaban J connectivity index is 1.05. The maximum absolute atomic E-state index is 13.5. The van der Waals surface area contributed by atoms with Crippen molar-refractivity contribution in [2.75, 3.05) is 67.5 Å². The first-order valence-electron chi connectivity index (χ1n) is 17.4. The van der Waals surface area contributed by atoms with Crippen LogP contribution in [0.4, 0.5) is 0 Å². The summed E-state index contributed by atoms with van der Waals surface area (Å²) in [6, 6.07) is 18.4. The van der Waals surface area contributed by atoms with Gasteiger partial charge in [-0.05, 0) is 55.3 Å². The zero-order valence-electron chi connectivity index (χ0n) is 30.3. The van der Waals surface area contributed by atoms with Crippen LogP contribution in [0.5, 0.6) is 0 Å². The highest BCUT2D eigenvalue weighted by molar-refractivity contribution is 6.25. The first-order valence-corrected chi connectivity index (χ1v) is 17.4. The normalized spacial score (nSPS) is 15.6. The molecule has 0 atom stereocenters. The summed E-state index contributed by atoms with van der Waals surface area (Å²) in [6.07, 6.45) is 4.51. The van der Waals surface area contributed by atoms with Crippen LogP contribution in [0.2, 0.25) is 0 Å². The molecule has 2 heterocycles. The van der Waals surface area contributed by atoms with E-state index >= 15 is 0 Å². The van der Waals surface area contributed by atoms with Crippen molar-refractivity contribution in [3.05, 3.63) is 82.9 Å². The molecule has 2 aliphatic rings. The summed E-state index contributed by atoms with van der Waals surface area (Å²) in [7, 11) is 8.97. The number of fused-ring (bicyclic) bond motifs is 1. The van der Waals surface area contributed by atoms with Crippen molar-refractivity contribution in [3.63, 3.8) is 0 Å². The number of rotatable bonds is 15. The molecule has 0 saturated carbocycles. The number of nitrogens with zero attached hydrogens (tertiary/aromatic N) is 4. The largest absolute Gasteiger partial charge is 0.328 e. The topological polar surface area (TPSA) is 74.8 Å². The van der Waals surface area contributed by atoms with E-state index in [4.69, 9.17) is 0 Å². The average Bonchev–Trinajstić information content (AvgIpc) is 3.23. The van der Waals surface area contributed by atoms with E-state index in [1.165, 1.54) is 9.80 Å². The molecule has 0 saturated heterocycles. The molecule has 5 rings (SSSR count). The van der Waals surface area contributed by atoms with E-state index in [9.17, 15) is 19.2 Å². The highest BCUT2D eigenvalue weighted by Gasteiger charge is 2.41. The molecule has 0 aromatic heterocycles. The second-order valence-corrected chi connectivity index (χ2v) is 17.0. The lowest BCUT2D eigenvalue weighted by Crippen LogP contribution is -2.53. The Hall–Kier alpha value is -3.88. The van der Waals surface area contributed by atoms with E-state index in [0.717, 1.165) is 71.6 Å². The molecule has 8 nitrogen and oxygen atoms in total. The molecule has 3 aromatic rings. The third-order valence-corrected chi connectivity index (χ3v) is 9.90. The van der Waals surface area contributed by atoms with Crippen molar-refractivity contribution < 1.29 is 28.1 Å². The van der Waals surface area contributed by atoms with Crippen LogP contribution in [0.15, 0.2) is 60.7 Å². The number of amides is 4. The second-order valence-electron chi connectivity index (χ2n) is 17.0. The van der Waals surface area contributed by atoms with Gasteiger partial charge in [-0.2, -0.15) is 0 Å². The number of hydrogen-bond acceptors (Lipinski definition) is 4. The maximum Gasteiger partial charge on any atom is 0.261 e. The van der Waals surface area contributed by atoms with Crippen molar-refractivity contribution in [2.45, 2.75) is 53.4 Å². The fourth-order valence-electron chi connectivity index (χ4n) is 8.47. The first kappa shape index (κ1) is 35.4. The quantitative estimate of drug-likeness (QED) is 0.107. The van der Waals surface area contributed by atoms with Crippen LogP contribution in [0, 0.1) is 10.8 Å². The van der Waals surface area contributed by atoms with Gasteiger partial charge in [-0.25, -0.2) is 0 Å². The molecular weight excluding hydrogens is 600 g/mol. The molecule has 0 fully saturated rings. The first-order chi connectivity index (χ1) is 22.4. The second kappa shape index (κ2) is 13.2. The van der Waals surface area contributed by atoms with E-state index in [-0.39, 0.29) is 34.5 Å². The standard InChI is InChI=1S/C40H54N4O4/c1-39(2,25-41-35(45)30-19-11-12-20-31(30)36(41)46)27-43(5,6)23-13-9-10-14-24-44(7,8)28-40(3,4)26-42-37(47)32-21-15-17-29-18-16-22-33(34(29)32)38(42)48/h11-12,15-22H,9-10,13-14,23-28H2,1-8H3/q+2. The summed E-state index contributed by atoms with van der Waals surface area (Å²) in [5.41, 5.74) is 1.77. The minimum atomic E-state index is -0.254. The summed E-state index contributed by atoms with van der Waals surface area (Å²) in [6.45, 7) is 13.2. The molecule has 0 radical (unpaired) electrons. The van der Waals surface area contributed by atoms with Crippen LogP contribution in [0.25, 0.3) is 10.8 Å². The van der Waals surface area contributed by atoms with Crippen LogP contribution in [-0.2, 0) is 0 Å². The Labute approximate surface area is 286 Å². The van der Waals surface area contributed by atoms with E-state index in [2.05, 4.69) is 55.9 Å². The van der Waals surface area contributed by atoms with E-state index in [1.54, 1.807) is 12.1 Å². The van der Waals surface area contributed by atoms with Crippen molar-refractivity contribution in [2.24, 2.45) is 10.8 Å². The number of hydrogen-bond donors (Lipinski definition) is 0. The molecule has 2 aliphatic heterocycles. The van der Waals surface area contributed by atoms with Gasteiger partial charge in [0.2, 0.25) is 0 Å². The predicted molar refractivity (Wildman–Crippen MR) is 191 cm³/mol. The van der Waals surface area contributed by atoms with Gasteiger partial charge < -0.3 is 8.97 Å². The predicted octanol–water partition coefficient (Wildman–Crippen LogP) is 6.50. The number of imide groups is 2. The van der Waals surface area contributed by atoms with Gasteiger partial charge in [0.1, 0.15) is 0 Å². The summed E-state index contributed by atoms with van der Waals surface area (Å²) in [4.78, 5) is 55.7. The molecule has 3 aromatic carbocycles. The Morgan fingerprint density at radius 1 is 0.500 bits per heavy atom. The Morgan fingerprint density at radius 3 is 1.25 bits per heavy atom. The Morgan fingerprint density at radius 2 is 0.854 bits per heavy atom. The monoisotopic (exact) mass is 654 g/mol. The molecule has 0 bridgehead atoms. The summed E-state index contributed by atoms with van der Waals surface area (Å²) >= 11 is 0. The van der Waals surface area contributed by atoms with Gasteiger partial charge in [-0.15, -0.1) is 0 Å². The Bertz CT molecular complexity index is 1650. The molecule has 256 valence electrons. The molecule has 8 heteroatoms. The fraction of sp³-hybridized carbons (Fsp3) is 0.500. The highest BCUT2D eigenvalue weighted by atomic mass is 16.2. The van der Waals surface area contributed by atoms with Gasteiger partial charge in [0.25, 0.3) is 23.6 Å². The SMILES string of the molecule is CC(C)(CN1C(=O)c2ccccc2C1=O)C[N+](C)(C)CCCCCC[N+](C)(C)CC(C)(C)CN1C(=O)c2cccc3cccc(c23)C1=O.